The standard InChI is InChI=1S/C16H22O7/c1-2-14(17)20-7-8-21-15(18)12-5-3-4-6-13(12)16(19)23-10-11-9-22-11/h2,11-13H,1,3-10H2. The molecule has 0 N–H and O–H groups in total. The van der Waals surface area contributed by atoms with E-state index >= 15 is 0 Å². The Morgan fingerprint density at radius 3 is 2.13 bits per heavy atom. The van der Waals surface area contributed by atoms with E-state index in [0.29, 0.717) is 19.4 Å². The van der Waals surface area contributed by atoms with Crippen molar-refractivity contribution < 1.29 is 33.3 Å². The lowest BCUT2D eigenvalue weighted by atomic mass is 9.79. The predicted molar refractivity (Wildman–Crippen MR) is 78.3 cm³/mol. The Labute approximate surface area is 134 Å². The SMILES string of the molecule is C=CC(=O)OCCOC(=O)C1CCCCC1C(=O)OCC1CO1. The average molecular weight is 326 g/mol. The van der Waals surface area contributed by atoms with E-state index in [1.54, 1.807) is 0 Å². The summed E-state index contributed by atoms with van der Waals surface area (Å²) < 4.78 is 20.0. The molecule has 0 radical (unpaired) electrons. The van der Waals surface area contributed by atoms with E-state index in [1.807, 2.05) is 0 Å². The zero-order valence-corrected chi connectivity index (χ0v) is 13.0. The first-order valence-corrected chi connectivity index (χ1v) is 7.86. The van der Waals surface area contributed by atoms with Gasteiger partial charge in [0, 0.05) is 6.08 Å². The van der Waals surface area contributed by atoms with Gasteiger partial charge in [-0.2, -0.15) is 0 Å². The molecule has 2 fully saturated rings. The molecule has 0 aromatic rings. The van der Waals surface area contributed by atoms with Crippen LogP contribution in [0.3, 0.4) is 0 Å². The normalized spacial score (nSPS) is 26.0. The third kappa shape index (κ3) is 5.67. The maximum Gasteiger partial charge on any atom is 0.330 e. The molecule has 3 atom stereocenters. The second-order valence-corrected chi connectivity index (χ2v) is 5.62. The highest BCUT2D eigenvalue weighted by atomic mass is 16.6. The molecule has 1 heterocycles. The molecule has 0 spiro atoms. The van der Waals surface area contributed by atoms with Crippen LogP contribution in [0.25, 0.3) is 0 Å². The van der Waals surface area contributed by atoms with Gasteiger partial charge < -0.3 is 18.9 Å². The van der Waals surface area contributed by atoms with E-state index in [2.05, 4.69) is 6.58 Å². The summed E-state index contributed by atoms with van der Waals surface area (Å²) in [5.41, 5.74) is 0. The molecule has 1 saturated heterocycles. The summed E-state index contributed by atoms with van der Waals surface area (Å²) in [6.07, 6.45) is 4.03. The molecule has 0 aromatic heterocycles. The molecular formula is C16H22O7. The average Bonchev–Trinajstić information content (AvgIpc) is 3.40. The van der Waals surface area contributed by atoms with Crippen molar-refractivity contribution in [1.82, 2.24) is 0 Å². The van der Waals surface area contributed by atoms with Gasteiger partial charge in [-0.3, -0.25) is 9.59 Å². The van der Waals surface area contributed by atoms with Crippen LogP contribution in [0.2, 0.25) is 0 Å². The van der Waals surface area contributed by atoms with E-state index in [-0.39, 0.29) is 31.9 Å². The summed E-state index contributed by atoms with van der Waals surface area (Å²) in [5.74, 6) is -2.33. The van der Waals surface area contributed by atoms with Crippen LogP contribution in [0.5, 0.6) is 0 Å². The molecule has 23 heavy (non-hydrogen) atoms. The van der Waals surface area contributed by atoms with Crippen molar-refractivity contribution in [2.45, 2.75) is 31.8 Å². The van der Waals surface area contributed by atoms with E-state index in [0.717, 1.165) is 18.9 Å². The molecular weight excluding hydrogens is 304 g/mol. The molecule has 128 valence electrons. The van der Waals surface area contributed by atoms with Crippen LogP contribution in [-0.4, -0.2) is 50.4 Å². The Morgan fingerprint density at radius 2 is 1.57 bits per heavy atom. The first-order valence-electron chi connectivity index (χ1n) is 7.86. The number of rotatable bonds is 8. The van der Waals surface area contributed by atoms with Crippen molar-refractivity contribution in [3.8, 4) is 0 Å². The Kier molecular flexibility index (Phi) is 6.58. The zero-order chi connectivity index (χ0) is 16.7. The molecule has 2 aliphatic rings. The number of esters is 3. The predicted octanol–water partition coefficient (Wildman–Crippen LogP) is 1.01. The summed E-state index contributed by atoms with van der Waals surface area (Å²) in [5, 5.41) is 0. The van der Waals surface area contributed by atoms with Crippen LogP contribution in [0.15, 0.2) is 12.7 Å². The molecule has 7 heteroatoms. The molecule has 1 aliphatic carbocycles. The molecule has 1 aliphatic heterocycles. The largest absolute Gasteiger partial charge is 0.463 e. The van der Waals surface area contributed by atoms with Gasteiger partial charge in [0.2, 0.25) is 0 Å². The Balaban J connectivity index is 1.76. The van der Waals surface area contributed by atoms with Gasteiger partial charge in [0.25, 0.3) is 0 Å². The van der Waals surface area contributed by atoms with Gasteiger partial charge >= 0.3 is 17.9 Å². The highest BCUT2D eigenvalue weighted by molar-refractivity contribution is 5.82. The number of epoxide rings is 1. The second kappa shape index (κ2) is 8.67. The van der Waals surface area contributed by atoms with E-state index in [4.69, 9.17) is 18.9 Å². The van der Waals surface area contributed by atoms with Crippen LogP contribution in [-0.2, 0) is 33.3 Å². The molecule has 1 saturated carbocycles. The minimum Gasteiger partial charge on any atom is -0.463 e. The van der Waals surface area contributed by atoms with Gasteiger partial charge in [-0.15, -0.1) is 0 Å². The minimum atomic E-state index is -0.567. The van der Waals surface area contributed by atoms with Crippen molar-refractivity contribution >= 4 is 17.9 Å². The lowest BCUT2D eigenvalue weighted by molar-refractivity contribution is -0.164. The monoisotopic (exact) mass is 326 g/mol. The molecule has 7 nitrogen and oxygen atoms in total. The summed E-state index contributed by atoms with van der Waals surface area (Å²) >= 11 is 0. The lowest BCUT2D eigenvalue weighted by Crippen LogP contribution is -2.35. The van der Waals surface area contributed by atoms with Crippen LogP contribution in [0.1, 0.15) is 25.7 Å². The van der Waals surface area contributed by atoms with E-state index in [9.17, 15) is 14.4 Å². The number of hydrogen-bond donors (Lipinski definition) is 0. The first-order chi connectivity index (χ1) is 11.1. The Bertz CT molecular complexity index is 455. The second-order valence-electron chi connectivity index (χ2n) is 5.62. The number of ether oxygens (including phenoxy) is 4. The fourth-order valence-electron chi connectivity index (χ4n) is 2.59. The van der Waals surface area contributed by atoms with Crippen molar-refractivity contribution in [3.05, 3.63) is 12.7 Å². The lowest BCUT2D eigenvalue weighted by Gasteiger charge is -2.28. The maximum absolute atomic E-state index is 12.2. The van der Waals surface area contributed by atoms with Gasteiger partial charge in [0.1, 0.15) is 25.9 Å². The van der Waals surface area contributed by atoms with Crippen LogP contribution >= 0.6 is 0 Å². The van der Waals surface area contributed by atoms with Gasteiger partial charge in [-0.25, -0.2) is 4.79 Å². The van der Waals surface area contributed by atoms with Gasteiger partial charge in [0.15, 0.2) is 0 Å². The number of carbonyl (C=O) groups is 3. The Morgan fingerprint density at radius 1 is 1.00 bits per heavy atom. The summed E-state index contributed by atoms with van der Waals surface area (Å²) in [6.45, 7) is 4.07. The fraction of sp³-hybridized carbons (Fsp3) is 0.688. The van der Waals surface area contributed by atoms with Crippen LogP contribution in [0.4, 0.5) is 0 Å². The van der Waals surface area contributed by atoms with Crippen molar-refractivity contribution in [2.75, 3.05) is 26.4 Å². The highest BCUT2D eigenvalue weighted by Gasteiger charge is 2.38. The molecule has 0 bridgehead atoms. The zero-order valence-electron chi connectivity index (χ0n) is 13.0. The maximum atomic E-state index is 12.2. The van der Waals surface area contributed by atoms with Crippen LogP contribution in [0, 0.1) is 11.8 Å². The molecule has 0 amide bonds. The molecule has 3 unspecified atom stereocenters. The summed E-state index contributed by atoms with van der Waals surface area (Å²) in [4.78, 5) is 35.2. The fourth-order valence-corrected chi connectivity index (χ4v) is 2.59. The van der Waals surface area contributed by atoms with E-state index in [1.165, 1.54) is 0 Å². The summed E-state index contributed by atoms with van der Waals surface area (Å²) in [7, 11) is 0. The van der Waals surface area contributed by atoms with Crippen molar-refractivity contribution in [1.29, 1.82) is 0 Å². The van der Waals surface area contributed by atoms with E-state index < -0.39 is 23.8 Å². The molecule has 2 rings (SSSR count). The third-order valence-corrected chi connectivity index (χ3v) is 3.92. The highest BCUT2D eigenvalue weighted by Crippen LogP contribution is 2.32. The van der Waals surface area contributed by atoms with Gasteiger partial charge in [0.05, 0.1) is 18.4 Å². The molecule has 0 aromatic carbocycles. The third-order valence-electron chi connectivity index (χ3n) is 3.92. The topological polar surface area (TPSA) is 91.4 Å². The Hall–Kier alpha value is -1.89. The van der Waals surface area contributed by atoms with Crippen LogP contribution < -0.4 is 0 Å². The van der Waals surface area contributed by atoms with Gasteiger partial charge in [-0.05, 0) is 12.8 Å². The van der Waals surface area contributed by atoms with Crippen molar-refractivity contribution in [3.63, 3.8) is 0 Å². The minimum absolute atomic E-state index is 0.00693. The quantitative estimate of drug-likeness (QED) is 0.216. The number of hydrogen-bond acceptors (Lipinski definition) is 7. The first kappa shape index (κ1) is 17.5. The summed E-state index contributed by atoms with van der Waals surface area (Å²) in [6, 6.07) is 0. The van der Waals surface area contributed by atoms with Gasteiger partial charge in [-0.1, -0.05) is 19.4 Å². The van der Waals surface area contributed by atoms with Crippen molar-refractivity contribution in [2.24, 2.45) is 11.8 Å². The number of carbonyl (C=O) groups excluding carboxylic acids is 3. The smallest absolute Gasteiger partial charge is 0.330 e.